The lowest BCUT2D eigenvalue weighted by Crippen LogP contribution is -2.41. The zero-order valence-electron chi connectivity index (χ0n) is 15.3. The van der Waals surface area contributed by atoms with Gasteiger partial charge in [-0.3, -0.25) is 20.4 Å². The minimum Gasteiger partial charge on any atom is -0.490 e. The molecule has 6 nitrogen and oxygen atoms in total. The van der Waals surface area contributed by atoms with Gasteiger partial charge in [-0.2, -0.15) is 0 Å². The summed E-state index contributed by atoms with van der Waals surface area (Å²) in [6.07, 6.45) is 0.874. The number of benzene rings is 2. The Labute approximate surface area is 153 Å². The van der Waals surface area contributed by atoms with Gasteiger partial charge in [0.15, 0.2) is 11.5 Å². The molecule has 2 amide bonds. The molecule has 0 bridgehead atoms. The van der Waals surface area contributed by atoms with Gasteiger partial charge >= 0.3 is 0 Å². The average molecular weight is 356 g/mol. The molecule has 0 radical (unpaired) electrons. The molecule has 6 heteroatoms. The van der Waals surface area contributed by atoms with E-state index < -0.39 is 5.91 Å². The predicted octanol–water partition coefficient (Wildman–Crippen LogP) is 3.26. The maximum Gasteiger partial charge on any atom is 0.269 e. The molecule has 0 atom stereocenters. The largest absolute Gasteiger partial charge is 0.490 e. The lowest BCUT2D eigenvalue weighted by atomic mass is 10.1. The topological polar surface area (TPSA) is 76.7 Å². The third kappa shape index (κ3) is 4.99. The molecule has 2 rings (SSSR count). The standard InChI is InChI=1S/C20H24N2O4/c1-4-12-26-17-11-10-15(13-18(17)25-5-2)19(23)21-22-20(24)16-9-7-6-8-14(16)3/h6-11,13H,4-5,12H2,1-3H3,(H,21,23)(H,22,24). The minimum absolute atomic E-state index is 0.363. The van der Waals surface area contributed by atoms with E-state index in [2.05, 4.69) is 10.9 Å². The Morgan fingerprint density at radius 2 is 1.65 bits per heavy atom. The number of nitrogens with one attached hydrogen (secondary N) is 2. The summed E-state index contributed by atoms with van der Waals surface area (Å²) >= 11 is 0. The van der Waals surface area contributed by atoms with Gasteiger partial charge in [-0.1, -0.05) is 25.1 Å². The van der Waals surface area contributed by atoms with Crippen LogP contribution in [0.15, 0.2) is 42.5 Å². The van der Waals surface area contributed by atoms with Gasteiger partial charge < -0.3 is 9.47 Å². The number of carbonyl (C=O) groups excluding carboxylic acids is 2. The van der Waals surface area contributed by atoms with Crippen LogP contribution in [0.25, 0.3) is 0 Å². The number of carbonyl (C=O) groups is 2. The van der Waals surface area contributed by atoms with Gasteiger partial charge in [-0.15, -0.1) is 0 Å². The van der Waals surface area contributed by atoms with Crippen molar-refractivity contribution in [3.05, 3.63) is 59.2 Å². The van der Waals surface area contributed by atoms with Crippen LogP contribution in [-0.2, 0) is 0 Å². The first-order valence-corrected chi connectivity index (χ1v) is 8.62. The number of amides is 2. The molecular formula is C20H24N2O4. The molecule has 2 N–H and O–H groups in total. The normalized spacial score (nSPS) is 10.1. The molecule has 0 aliphatic carbocycles. The number of hydrogen-bond donors (Lipinski definition) is 2. The third-order valence-electron chi connectivity index (χ3n) is 3.65. The van der Waals surface area contributed by atoms with Crippen LogP contribution in [0.1, 0.15) is 46.5 Å². The molecule has 0 aliphatic heterocycles. The maximum absolute atomic E-state index is 12.3. The van der Waals surface area contributed by atoms with Gasteiger partial charge in [-0.25, -0.2) is 0 Å². The first kappa shape index (κ1) is 19.3. The second-order valence-corrected chi connectivity index (χ2v) is 5.67. The van der Waals surface area contributed by atoms with Gasteiger partial charge in [0.1, 0.15) is 0 Å². The Balaban J connectivity index is 2.05. The van der Waals surface area contributed by atoms with Crippen molar-refractivity contribution in [2.24, 2.45) is 0 Å². The molecule has 0 fully saturated rings. The summed E-state index contributed by atoms with van der Waals surface area (Å²) in [5, 5.41) is 0. The highest BCUT2D eigenvalue weighted by Gasteiger charge is 2.13. The molecular weight excluding hydrogens is 332 g/mol. The molecule has 0 aliphatic rings. The van der Waals surface area contributed by atoms with E-state index in [9.17, 15) is 9.59 Å². The molecule has 0 heterocycles. The number of ether oxygens (including phenoxy) is 2. The number of rotatable bonds is 7. The lowest BCUT2D eigenvalue weighted by Gasteiger charge is -2.13. The van der Waals surface area contributed by atoms with E-state index in [-0.39, 0.29) is 5.91 Å². The van der Waals surface area contributed by atoms with E-state index in [0.717, 1.165) is 12.0 Å². The highest BCUT2D eigenvalue weighted by molar-refractivity contribution is 6.00. The Morgan fingerprint density at radius 1 is 0.923 bits per heavy atom. The van der Waals surface area contributed by atoms with Crippen LogP contribution in [0.5, 0.6) is 11.5 Å². The molecule has 26 heavy (non-hydrogen) atoms. The second kappa shape index (κ2) is 9.46. The van der Waals surface area contributed by atoms with E-state index in [0.29, 0.717) is 35.8 Å². The van der Waals surface area contributed by atoms with Gasteiger partial charge in [0, 0.05) is 11.1 Å². The first-order valence-electron chi connectivity index (χ1n) is 8.62. The second-order valence-electron chi connectivity index (χ2n) is 5.67. The Bertz CT molecular complexity index is 774. The van der Waals surface area contributed by atoms with Crippen LogP contribution in [0.2, 0.25) is 0 Å². The summed E-state index contributed by atoms with van der Waals surface area (Å²) in [4.78, 5) is 24.5. The van der Waals surface area contributed by atoms with Crippen LogP contribution in [0, 0.1) is 6.92 Å². The maximum atomic E-state index is 12.3. The summed E-state index contributed by atoms with van der Waals surface area (Å²) in [6.45, 7) is 6.73. The van der Waals surface area contributed by atoms with Crippen molar-refractivity contribution in [3.8, 4) is 11.5 Å². The minimum atomic E-state index is -0.435. The van der Waals surface area contributed by atoms with Crippen molar-refractivity contribution in [1.82, 2.24) is 10.9 Å². The predicted molar refractivity (Wildman–Crippen MR) is 99.5 cm³/mol. The SMILES string of the molecule is CCCOc1ccc(C(=O)NNC(=O)c2ccccc2C)cc1OCC. The van der Waals surface area contributed by atoms with E-state index >= 15 is 0 Å². The van der Waals surface area contributed by atoms with Crippen LogP contribution >= 0.6 is 0 Å². The molecule has 2 aromatic carbocycles. The molecule has 2 aromatic rings. The van der Waals surface area contributed by atoms with E-state index in [1.807, 2.05) is 32.9 Å². The highest BCUT2D eigenvalue weighted by atomic mass is 16.5. The van der Waals surface area contributed by atoms with Gasteiger partial charge in [-0.05, 0) is 50.1 Å². The smallest absolute Gasteiger partial charge is 0.269 e. The summed E-state index contributed by atoms with van der Waals surface area (Å²) < 4.78 is 11.2. The Morgan fingerprint density at radius 3 is 2.35 bits per heavy atom. The van der Waals surface area contributed by atoms with Crippen LogP contribution in [-0.4, -0.2) is 25.0 Å². The van der Waals surface area contributed by atoms with Crippen molar-refractivity contribution in [2.75, 3.05) is 13.2 Å². The monoisotopic (exact) mass is 356 g/mol. The molecule has 138 valence electrons. The third-order valence-corrected chi connectivity index (χ3v) is 3.65. The number of hydrogen-bond acceptors (Lipinski definition) is 4. The summed E-state index contributed by atoms with van der Waals surface area (Å²) in [5.74, 6) is 0.285. The quantitative estimate of drug-likeness (QED) is 0.747. The van der Waals surface area contributed by atoms with Gasteiger partial charge in [0.25, 0.3) is 11.8 Å². The van der Waals surface area contributed by atoms with Crippen molar-refractivity contribution in [2.45, 2.75) is 27.2 Å². The van der Waals surface area contributed by atoms with Crippen molar-refractivity contribution in [1.29, 1.82) is 0 Å². The Hall–Kier alpha value is -3.02. The average Bonchev–Trinajstić information content (AvgIpc) is 2.65. The number of hydrazine groups is 1. The fourth-order valence-electron chi connectivity index (χ4n) is 2.33. The fourth-order valence-corrected chi connectivity index (χ4v) is 2.33. The molecule has 0 spiro atoms. The fraction of sp³-hybridized carbons (Fsp3) is 0.300. The summed E-state index contributed by atoms with van der Waals surface area (Å²) in [6, 6.07) is 12.1. The van der Waals surface area contributed by atoms with Crippen molar-refractivity contribution >= 4 is 11.8 Å². The first-order chi connectivity index (χ1) is 12.6. The van der Waals surface area contributed by atoms with Crippen molar-refractivity contribution in [3.63, 3.8) is 0 Å². The van der Waals surface area contributed by atoms with Gasteiger partial charge in [0.2, 0.25) is 0 Å². The summed E-state index contributed by atoms with van der Waals surface area (Å²) in [5.41, 5.74) is 6.55. The molecule has 0 saturated heterocycles. The van der Waals surface area contributed by atoms with E-state index in [1.165, 1.54) is 0 Å². The lowest BCUT2D eigenvalue weighted by molar-refractivity contribution is 0.0846. The zero-order chi connectivity index (χ0) is 18.9. The summed E-state index contributed by atoms with van der Waals surface area (Å²) in [7, 11) is 0. The van der Waals surface area contributed by atoms with E-state index in [4.69, 9.17) is 9.47 Å². The van der Waals surface area contributed by atoms with Crippen LogP contribution in [0.4, 0.5) is 0 Å². The van der Waals surface area contributed by atoms with Crippen LogP contribution < -0.4 is 20.3 Å². The molecule has 0 unspecified atom stereocenters. The van der Waals surface area contributed by atoms with Gasteiger partial charge in [0.05, 0.1) is 13.2 Å². The number of aryl methyl sites for hydroxylation is 1. The highest BCUT2D eigenvalue weighted by Crippen LogP contribution is 2.28. The van der Waals surface area contributed by atoms with Crippen LogP contribution in [0.3, 0.4) is 0 Å². The van der Waals surface area contributed by atoms with Crippen molar-refractivity contribution < 1.29 is 19.1 Å². The Kier molecular flexibility index (Phi) is 7.02. The zero-order valence-corrected chi connectivity index (χ0v) is 15.3. The van der Waals surface area contributed by atoms with E-state index in [1.54, 1.807) is 30.3 Å². The molecule has 0 saturated carbocycles. The molecule has 0 aromatic heterocycles.